The molecule has 5 rings (SSSR count). The van der Waals surface area contributed by atoms with Crippen molar-refractivity contribution in [2.24, 2.45) is 17.6 Å². The van der Waals surface area contributed by atoms with Gasteiger partial charge in [0.25, 0.3) is 5.91 Å². The van der Waals surface area contributed by atoms with E-state index >= 15 is 0 Å². The third-order valence-corrected chi connectivity index (χ3v) is 10.1. The van der Waals surface area contributed by atoms with Gasteiger partial charge < -0.3 is 31.3 Å². The van der Waals surface area contributed by atoms with Gasteiger partial charge in [-0.3, -0.25) is 19.3 Å². The Hall–Kier alpha value is -2.86. The standard InChI is InChI=1S/C27H32N2O8S/c1-29(2)20-19-22(32)16-13(10-38-11-6-3-4-7-11)12-8-5-9-14(30)15(12)21(31)17(16)24(34)27(19,37)25(35)18(23(20)33)26(28)36/h5,8-9,11,13,16,19-20,22,30-32,35,37H,3-4,6-7,10H2,1-2H3,(H2,28,36)/t13?,16-,19-,20+,22+,27+/m1/s1. The zero-order valence-electron chi connectivity index (χ0n) is 21.1. The quantitative estimate of drug-likeness (QED) is 0.294. The number of ketones is 2. The van der Waals surface area contributed by atoms with Gasteiger partial charge in [0.1, 0.15) is 22.8 Å². The fourth-order valence-corrected chi connectivity index (χ4v) is 8.42. The molecule has 4 aliphatic rings. The Morgan fingerprint density at radius 3 is 2.42 bits per heavy atom. The number of amides is 1. The summed E-state index contributed by atoms with van der Waals surface area (Å²) in [6, 6.07) is 3.34. The molecule has 7 N–H and O–H groups in total. The SMILES string of the molecule is CN(C)[C@@H]1C(=O)C(C(N)=O)=C(O)[C@@]2(O)C(=O)C3=C(O)c4c(O)cccc4C(CSC4CCCC4)[C@H]3[C@H](O)[C@@H]12. The molecule has 0 radical (unpaired) electrons. The van der Waals surface area contributed by atoms with Gasteiger partial charge in [-0.05, 0) is 38.6 Å². The van der Waals surface area contributed by atoms with Gasteiger partial charge in [0.15, 0.2) is 11.4 Å². The number of nitrogens with zero attached hydrogens (tertiary/aromatic N) is 1. The molecule has 1 aromatic carbocycles. The highest BCUT2D eigenvalue weighted by atomic mass is 32.2. The second kappa shape index (κ2) is 9.41. The predicted molar refractivity (Wildman–Crippen MR) is 139 cm³/mol. The number of hydrogen-bond acceptors (Lipinski definition) is 10. The number of benzene rings is 1. The van der Waals surface area contributed by atoms with Gasteiger partial charge >= 0.3 is 0 Å². The van der Waals surface area contributed by atoms with Crippen LogP contribution in [0.4, 0.5) is 0 Å². The monoisotopic (exact) mass is 544 g/mol. The van der Waals surface area contributed by atoms with E-state index < -0.39 is 70.1 Å². The minimum Gasteiger partial charge on any atom is -0.508 e. The van der Waals surface area contributed by atoms with Gasteiger partial charge in [0.2, 0.25) is 5.78 Å². The highest BCUT2D eigenvalue weighted by Crippen LogP contribution is 2.57. The number of rotatable bonds is 5. The van der Waals surface area contributed by atoms with Crippen LogP contribution in [-0.2, 0) is 14.4 Å². The summed E-state index contributed by atoms with van der Waals surface area (Å²) in [4.78, 5) is 40.9. The van der Waals surface area contributed by atoms with Crippen LogP contribution in [0.1, 0.15) is 42.7 Å². The summed E-state index contributed by atoms with van der Waals surface area (Å²) in [5.74, 6) is -8.22. The van der Waals surface area contributed by atoms with Crippen molar-refractivity contribution in [1.29, 1.82) is 0 Å². The molecule has 10 nitrogen and oxygen atoms in total. The lowest BCUT2D eigenvalue weighted by Gasteiger charge is -2.54. The third-order valence-electron chi connectivity index (χ3n) is 8.61. The summed E-state index contributed by atoms with van der Waals surface area (Å²) in [6.45, 7) is 0. The van der Waals surface area contributed by atoms with Crippen LogP contribution in [0.3, 0.4) is 0 Å². The molecule has 4 aliphatic carbocycles. The molecule has 1 aromatic rings. The molecule has 0 aliphatic heterocycles. The summed E-state index contributed by atoms with van der Waals surface area (Å²) >= 11 is 1.69. The van der Waals surface area contributed by atoms with Gasteiger partial charge in [0.05, 0.1) is 23.6 Å². The molecule has 2 fully saturated rings. The van der Waals surface area contributed by atoms with Crippen molar-refractivity contribution in [3.63, 3.8) is 0 Å². The number of carbonyl (C=O) groups is 3. The first-order chi connectivity index (χ1) is 17.9. The number of likely N-dealkylation sites (N-methyl/N-ethyl adjacent to an activating group) is 1. The third kappa shape index (κ3) is 3.63. The zero-order valence-corrected chi connectivity index (χ0v) is 21.9. The number of hydrogen-bond donors (Lipinski definition) is 6. The average molecular weight is 545 g/mol. The number of Topliss-reactive ketones (excluding diaryl/α,β-unsaturated/α-hetero) is 2. The number of primary amides is 1. The number of phenolic OH excluding ortho intramolecular Hbond substituents is 1. The summed E-state index contributed by atoms with van der Waals surface area (Å²) < 4.78 is 0. The van der Waals surface area contributed by atoms with E-state index in [2.05, 4.69) is 0 Å². The predicted octanol–water partition coefficient (Wildman–Crippen LogP) is 1.15. The van der Waals surface area contributed by atoms with Crippen LogP contribution < -0.4 is 5.73 Å². The van der Waals surface area contributed by atoms with Crippen LogP contribution >= 0.6 is 11.8 Å². The fourth-order valence-electron chi connectivity index (χ4n) is 6.89. The Balaban J connectivity index is 1.73. The van der Waals surface area contributed by atoms with E-state index in [1.165, 1.54) is 25.1 Å². The Morgan fingerprint density at radius 2 is 1.82 bits per heavy atom. The molecule has 1 amide bonds. The van der Waals surface area contributed by atoms with E-state index in [1.54, 1.807) is 23.9 Å². The normalized spacial score (nSPS) is 33.4. The molecule has 11 heteroatoms. The first-order valence-corrected chi connectivity index (χ1v) is 13.7. The van der Waals surface area contributed by atoms with Crippen molar-refractivity contribution in [2.45, 2.75) is 54.6 Å². The van der Waals surface area contributed by atoms with Gasteiger partial charge in [-0.1, -0.05) is 25.0 Å². The summed E-state index contributed by atoms with van der Waals surface area (Å²) in [7, 11) is 2.98. The number of aliphatic hydroxyl groups is 4. The van der Waals surface area contributed by atoms with E-state index in [4.69, 9.17) is 5.73 Å². The summed E-state index contributed by atoms with van der Waals surface area (Å²) in [6.07, 6.45) is 2.72. The Labute approximate surface area is 223 Å². The molecular weight excluding hydrogens is 512 g/mol. The van der Waals surface area contributed by atoms with Crippen molar-refractivity contribution in [2.75, 3.05) is 19.8 Å². The molecule has 38 heavy (non-hydrogen) atoms. The Kier molecular flexibility index (Phi) is 6.62. The lowest BCUT2D eigenvalue weighted by molar-refractivity contribution is -0.169. The zero-order chi connectivity index (χ0) is 27.7. The van der Waals surface area contributed by atoms with E-state index in [0.29, 0.717) is 16.6 Å². The van der Waals surface area contributed by atoms with E-state index in [1.807, 2.05) is 0 Å². The number of phenols is 1. The number of thioether (sulfide) groups is 1. The van der Waals surface area contributed by atoms with Gasteiger partial charge in [-0.15, -0.1) is 0 Å². The van der Waals surface area contributed by atoms with Gasteiger partial charge in [0, 0.05) is 28.4 Å². The maximum Gasteiger partial charge on any atom is 0.255 e. The highest BCUT2D eigenvalue weighted by molar-refractivity contribution is 7.99. The van der Waals surface area contributed by atoms with Crippen LogP contribution in [0.25, 0.3) is 5.76 Å². The van der Waals surface area contributed by atoms with Crippen LogP contribution in [0.5, 0.6) is 5.75 Å². The number of fused-ring (bicyclic) bond motifs is 3. The molecule has 1 unspecified atom stereocenters. The Bertz CT molecular complexity index is 1280. The maximum atomic E-state index is 14.1. The van der Waals surface area contributed by atoms with E-state index in [9.17, 15) is 39.9 Å². The first kappa shape index (κ1) is 26.7. The molecule has 0 aromatic heterocycles. The van der Waals surface area contributed by atoms with E-state index in [-0.39, 0.29) is 16.9 Å². The minimum absolute atomic E-state index is 0.0213. The molecule has 0 saturated heterocycles. The van der Waals surface area contributed by atoms with Gasteiger partial charge in [-0.25, -0.2) is 0 Å². The average Bonchev–Trinajstić information content (AvgIpc) is 3.37. The second-order valence-electron chi connectivity index (χ2n) is 10.8. The van der Waals surface area contributed by atoms with Crippen LogP contribution in [-0.4, -0.2) is 90.8 Å². The second-order valence-corrected chi connectivity index (χ2v) is 12.2. The topological polar surface area (TPSA) is 182 Å². The van der Waals surface area contributed by atoms with Crippen molar-refractivity contribution in [1.82, 2.24) is 4.90 Å². The lowest BCUT2D eigenvalue weighted by Crippen LogP contribution is -2.70. The smallest absolute Gasteiger partial charge is 0.255 e. The van der Waals surface area contributed by atoms with Crippen LogP contribution in [0.15, 0.2) is 35.1 Å². The molecule has 0 bridgehead atoms. The number of aromatic hydroxyl groups is 1. The first-order valence-electron chi connectivity index (χ1n) is 12.7. The largest absolute Gasteiger partial charge is 0.508 e. The highest BCUT2D eigenvalue weighted by Gasteiger charge is 2.68. The lowest BCUT2D eigenvalue weighted by atomic mass is 9.54. The van der Waals surface area contributed by atoms with Crippen molar-refractivity contribution < 1.29 is 39.9 Å². The van der Waals surface area contributed by atoms with Crippen molar-refractivity contribution in [3.8, 4) is 5.75 Å². The summed E-state index contributed by atoms with van der Waals surface area (Å²) in [5, 5.41) is 57.1. The van der Waals surface area contributed by atoms with Crippen LogP contribution in [0, 0.1) is 11.8 Å². The van der Waals surface area contributed by atoms with Crippen LogP contribution in [0.2, 0.25) is 0 Å². The van der Waals surface area contributed by atoms with Crippen molar-refractivity contribution >= 4 is 35.0 Å². The molecular formula is C27H32N2O8S. The minimum atomic E-state index is -2.91. The molecule has 0 spiro atoms. The molecule has 2 saturated carbocycles. The number of nitrogens with two attached hydrogens (primary N) is 1. The molecule has 204 valence electrons. The van der Waals surface area contributed by atoms with Crippen molar-refractivity contribution in [3.05, 3.63) is 46.2 Å². The van der Waals surface area contributed by atoms with Gasteiger partial charge in [-0.2, -0.15) is 11.8 Å². The number of carbonyl (C=O) groups excluding carboxylic acids is 3. The Morgan fingerprint density at radius 1 is 1.16 bits per heavy atom. The fraction of sp³-hybridized carbons (Fsp3) is 0.519. The molecule has 6 atom stereocenters. The van der Waals surface area contributed by atoms with E-state index in [0.717, 1.165) is 25.7 Å². The summed E-state index contributed by atoms with van der Waals surface area (Å²) in [5.41, 5.74) is 1.74. The maximum absolute atomic E-state index is 14.1. The number of aliphatic hydroxyl groups excluding tert-OH is 3. The molecule has 0 heterocycles.